The van der Waals surface area contributed by atoms with E-state index in [4.69, 9.17) is 4.42 Å². The van der Waals surface area contributed by atoms with Crippen LogP contribution in [-0.2, 0) is 6.54 Å². The largest absolute Gasteiger partial charge is 0.444 e. The third kappa shape index (κ3) is 8.20. The molecule has 2 aliphatic heterocycles. The van der Waals surface area contributed by atoms with Crippen molar-refractivity contribution in [1.82, 2.24) is 25.4 Å². The number of aromatic nitrogens is 1. The van der Waals surface area contributed by atoms with Gasteiger partial charge in [-0.15, -0.1) is 24.0 Å². The first kappa shape index (κ1) is 26.4. The number of rotatable bonds is 8. The van der Waals surface area contributed by atoms with Crippen LogP contribution < -0.4 is 10.6 Å². The Balaban J connectivity index is 0.00000341. The molecule has 1 aromatic rings. The Morgan fingerprint density at radius 2 is 1.90 bits per heavy atom. The molecule has 0 amide bonds. The molecule has 2 fully saturated rings. The molecule has 7 nitrogen and oxygen atoms in total. The highest BCUT2D eigenvalue weighted by Crippen LogP contribution is 2.20. The van der Waals surface area contributed by atoms with Crippen molar-refractivity contribution in [2.75, 3.05) is 46.3 Å². The van der Waals surface area contributed by atoms with Gasteiger partial charge in [0.15, 0.2) is 5.96 Å². The van der Waals surface area contributed by atoms with Crippen LogP contribution in [0.15, 0.2) is 9.41 Å². The molecule has 3 heterocycles. The van der Waals surface area contributed by atoms with Crippen molar-refractivity contribution < 1.29 is 4.42 Å². The monoisotopic (exact) mass is 546 g/mol. The van der Waals surface area contributed by atoms with E-state index in [2.05, 4.69) is 37.3 Å². The minimum Gasteiger partial charge on any atom is -0.444 e. The number of halogens is 1. The number of aliphatic imine (C=N–C) groups is 1. The number of aryl methyl sites for hydroxylation is 2. The first-order valence-electron chi connectivity index (χ1n) is 11.9. The van der Waals surface area contributed by atoms with E-state index in [1.165, 1.54) is 45.1 Å². The summed E-state index contributed by atoms with van der Waals surface area (Å²) in [5.41, 5.74) is 1.01. The van der Waals surface area contributed by atoms with Gasteiger partial charge in [-0.05, 0) is 71.5 Å². The molecule has 0 radical (unpaired) electrons. The van der Waals surface area contributed by atoms with Crippen LogP contribution in [0.4, 0.5) is 0 Å². The molecule has 2 N–H and O–H groups in total. The van der Waals surface area contributed by atoms with Crippen LogP contribution in [0.2, 0.25) is 0 Å². The Labute approximate surface area is 205 Å². The van der Waals surface area contributed by atoms with E-state index in [-0.39, 0.29) is 24.0 Å². The van der Waals surface area contributed by atoms with Gasteiger partial charge in [0.2, 0.25) is 5.89 Å². The maximum atomic E-state index is 5.74. The number of oxazole rings is 1. The summed E-state index contributed by atoms with van der Waals surface area (Å²) < 4.78 is 5.74. The second kappa shape index (κ2) is 13.6. The lowest BCUT2D eigenvalue weighted by Gasteiger charge is -2.35. The smallest absolute Gasteiger partial charge is 0.208 e. The summed E-state index contributed by atoms with van der Waals surface area (Å²) in [4.78, 5) is 14.0. The summed E-state index contributed by atoms with van der Waals surface area (Å²) in [5, 5.41) is 7.06. The average Bonchev–Trinajstić information content (AvgIpc) is 3.08. The normalized spacial score (nSPS) is 21.7. The molecule has 1 unspecified atom stereocenters. The van der Waals surface area contributed by atoms with E-state index in [1.807, 2.05) is 20.9 Å². The zero-order chi connectivity index (χ0) is 21.3. The molecule has 1 atom stereocenters. The zero-order valence-electron chi connectivity index (χ0n) is 20.0. The van der Waals surface area contributed by atoms with E-state index in [1.54, 1.807) is 0 Å². The number of piperidine rings is 2. The number of nitrogens with zero attached hydrogens (tertiary/aromatic N) is 4. The van der Waals surface area contributed by atoms with E-state index >= 15 is 0 Å². The third-order valence-corrected chi connectivity index (χ3v) is 6.83. The molecule has 178 valence electrons. The summed E-state index contributed by atoms with van der Waals surface area (Å²) in [6, 6.07) is 0.768. The molecule has 31 heavy (non-hydrogen) atoms. The Kier molecular flexibility index (Phi) is 11.6. The van der Waals surface area contributed by atoms with Crippen LogP contribution in [0.1, 0.15) is 62.8 Å². The molecule has 0 aromatic carbocycles. The van der Waals surface area contributed by atoms with Crippen LogP contribution in [0, 0.1) is 19.8 Å². The van der Waals surface area contributed by atoms with Crippen molar-refractivity contribution in [3.63, 3.8) is 0 Å². The molecular formula is C23H43IN6O. The standard InChI is InChI=1S/C23H42N6O.HI/c1-5-21-8-6-7-12-29(21)15-11-25-23(24-4)26-16-20-9-13-28(14-10-20)17-22-27-18(2)19(3)30-22;/h20-21H,5-17H2,1-4H3,(H2,24,25,26);1H. The summed E-state index contributed by atoms with van der Waals surface area (Å²) in [6.45, 7) is 13.7. The topological polar surface area (TPSA) is 68.9 Å². The van der Waals surface area contributed by atoms with E-state index in [0.29, 0.717) is 5.92 Å². The first-order chi connectivity index (χ1) is 14.6. The number of likely N-dealkylation sites (tertiary alicyclic amines) is 2. The molecule has 0 saturated carbocycles. The second-order valence-electron chi connectivity index (χ2n) is 8.94. The van der Waals surface area contributed by atoms with Crippen molar-refractivity contribution in [2.24, 2.45) is 10.9 Å². The lowest BCUT2D eigenvalue weighted by Crippen LogP contribution is -2.47. The van der Waals surface area contributed by atoms with E-state index < -0.39 is 0 Å². The number of hydrogen-bond acceptors (Lipinski definition) is 5. The molecule has 3 rings (SSSR count). The average molecular weight is 547 g/mol. The summed E-state index contributed by atoms with van der Waals surface area (Å²) in [6.07, 6.45) is 7.76. The predicted octanol–water partition coefficient (Wildman–Crippen LogP) is 3.55. The molecule has 2 aliphatic rings. The van der Waals surface area contributed by atoms with Gasteiger partial charge in [-0.3, -0.25) is 14.8 Å². The Bertz CT molecular complexity index is 652. The van der Waals surface area contributed by atoms with Crippen molar-refractivity contribution in [1.29, 1.82) is 0 Å². The quantitative estimate of drug-likeness (QED) is 0.296. The van der Waals surface area contributed by atoms with Crippen LogP contribution >= 0.6 is 24.0 Å². The lowest BCUT2D eigenvalue weighted by atomic mass is 9.97. The van der Waals surface area contributed by atoms with Gasteiger partial charge >= 0.3 is 0 Å². The molecule has 0 spiro atoms. The fourth-order valence-corrected chi connectivity index (χ4v) is 4.74. The zero-order valence-corrected chi connectivity index (χ0v) is 22.3. The molecular weight excluding hydrogens is 503 g/mol. The minimum absolute atomic E-state index is 0. The van der Waals surface area contributed by atoms with Gasteiger partial charge in [-0.1, -0.05) is 13.3 Å². The number of nitrogens with one attached hydrogen (secondary N) is 2. The third-order valence-electron chi connectivity index (χ3n) is 6.83. The van der Waals surface area contributed by atoms with E-state index in [0.717, 1.165) is 68.6 Å². The molecule has 0 aliphatic carbocycles. The SMILES string of the molecule is CCC1CCCCN1CCNC(=NC)NCC1CCN(Cc2nc(C)c(C)o2)CC1.I. The highest BCUT2D eigenvalue weighted by Gasteiger charge is 2.22. The Hall–Kier alpha value is -0.870. The minimum atomic E-state index is 0. The summed E-state index contributed by atoms with van der Waals surface area (Å²) >= 11 is 0. The fraction of sp³-hybridized carbons (Fsp3) is 0.826. The Morgan fingerprint density at radius 3 is 2.55 bits per heavy atom. The maximum Gasteiger partial charge on any atom is 0.208 e. The van der Waals surface area contributed by atoms with Crippen LogP contribution in [0.25, 0.3) is 0 Å². The molecule has 1 aromatic heterocycles. The first-order valence-corrected chi connectivity index (χ1v) is 11.9. The summed E-state index contributed by atoms with van der Waals surface area (Å²) in [5.74, 6) is 3.42. The predicted molar refractivity (Wildman–Crippen MR) is 138 cm³/mol. The highest BCUT2D eigenvalue weighted by molar-refractivity contribution is 14.0. The van der Waals surface area contributed by atoms with Crippen molar-refractivity contribution in [3.8, 4) is 0 Å². The van der Waals surface area contributed by atoms with Gasteiger partial charge in [0.05, 0.1) is 12.2 Å². The van der Waals surface area contributed by atoms with Gasteiger partial charge in [-0.25, -0.2) is 4.98 Å². The van der Waals surface area contributed by atoms with Gasteiger partial charge in [0.1, 0.15) is 5.76 Å². The van der Waals surface area contributed by atoms with Crippen LogP contribution in [0.3, 0.4) is 0 Å². The van der Waals surface area contributed by atoms with E-state index in [9.17, 15) is 0 Å². The van der Waals surface area contributed by atoms with Crippen molar-refractivity contribution in [3.05, 3.63) is 17.3 Å². The van der Waals surface area contributed by atoms with Crippen LogP contribution in [0.5, 0.6) is 0 Å². The second-order valence-corrected chi connectivity index (χ2v) is 8.94. The van der Waals surface area contributed by atoms with Gasteiger partial charge in [0.25, 0.3) is 0 Å². The maximum absolute atomic E-state index is 5.74. The van der Waals surface area contributed by atoms with Crippen molar-refractivity contribution >= 4 is 29.9 Å². The summed E-state index contributed by atoms with van der Waals surface area (Å²) in [7, 11) is 1.87. The van der Waals surface area contributed by atoms with Crippen LogP contribution in [-0.4, -0.2) is 73.1 Å². The molecule has 0 bridgehead atoms. The van der Waals surface area contributed by atoms with Gasteiger partial charge < -0.3 is 15.1 Å². The van der Waals surface area contributed by atoms with Gasteiger partial charge in [0, 0.05) is 32.7 Å². The lowest BCUT2D eigenvalue weighted by molar-refractivity contribution is 0.147. The number of hydrogen-bond donors (Lipinski definition) is 2. The fourth-order valence-electron chi connectivity index (χ4n) is 4.74. The molecule has 8 heteroatoms. The highest BCUT2D eigenvalue weighted by atomic mass is 127. The molecule has 2 saturated heterocycles. The number of guanidine groups is 1. The van der Waals surface area contributed by atoms with Gasteiger partial charge in [-0.2, -0.15) is 0 Å². The van der Waals surface area contributed by atoms with Crippen molar-refractivity contribution in [2.45, 2.75) is 71.9 Å². The Morgan fingerprint density at radius 1 is 1.13 bits per heavy atom.